The number of rotatable bonds is 39. The molecule has 0 spiro atoms. The topological polar surface area (TPSA) is 78.9 Å². The Morgan fingerprint density at radius 3 is 1.30 bits per heavy atom. The van der Waals surface area contributed by atoms with E-state index in [9.17, 15) is 14.4 Å². The highest BCUT2D eigenvalue weighted by Gasteiger charge is 2.19. The molecule has 0 N–H and O–H groups in total. The lowest BCUT2D eigenvalue weighted by Crippen LogP contribution is -2.30. The number of allylic oxidation sites excluding steroid dienone is 10. The van der Waals surface area contributed by atoms with Crippen LogP contribution in [0.2, 0.25) is 0 Å². The summed E-state index contributed by atoms with van der Waals surface area (Å²) >= 11 is 0. The van der Waals surface area contributed by atoms with Crippen LogP contribution in [0, 0.1) is 0 Å². The second kappa shape index (κ2) is 42.8. The average molecular weight is 755 g/mol. The van der Waals surface area contributed by atoms with Crippen molar-refractivity contribution >= 4 is 17.9 Å². The molecule has 54 heavy (non-hydrogen) atoms. The van der Waals surface area contributed by atoms with Gasteiger partial charge in [0.25, 0.3) is 0 Å². The smallest absolute Gasteiger partial charge is 0.306 e. The molecule has 0 bridgehead atoms. The quantitative estimate of drug-likeness (QED) is 0.0204. The minimum absolute atomic E-state index is 0.0938. The van der Waals surface area contributed by atoms with Crippen molar-refractivity contribution in [1.82, 2.24) is 0 Å². The molecule has 0 aliphatic heterocycles. The molecule has 0 saturated carbocycles. The van der Waals surface area contributed by atoms with Crippen LogP contribution in [-0.2, 0) is 28.6 Å². The Balaban J connectivity index is 4.36. The number of hydrogen-bond donors (Lipinski definition) is 0. The van der Waals surface area contributed by atoms with E-state index in [-0.39, 0.29) is 37.5 Å². The van der Waals surface area contributed by atoms with E-state index in [1.165, 1.54) is 77.0 Å². The van der Waals surface area contributed by atoms with Crippen molar-refractivity contribution in [3.8, 4) is 0 Å². The van der Waals surface area contributed by atoms with E-state index in [1.807, 2.05) is 0 Å². The van der Waals surface area contributed by atoms with Crippen molar-refractivity contribution in [1.29, 1.82) is 0 Å². The number of hydrogen-bond acceptors (Lipinski definition) is 6. The Kier molecular flexibility index (Phi) is 40.6. The normalized spacial score (nSPS) is 12.6. The lowest BCUT2D eigenvalue weighted by molar-refractivity contribution is -0.167. The zero-order valence-electron chi connectivity index (χ0n) is 35.2. The summed E-state index contributed by atoms with van der Waals surface area (Å²) in [5, 5.41) is 0. The molecule has 0 saturated heterocycles. The van der Waals surface area contributed by atoms with Gasteiger partial charge in [0.1, 0.15) is 13.2 Å². The zero-order valence-corrected chi connectivity index (χ0v) is 35.2. The average Bonchev–Trinajstić information content (AvgIpc) is 3.17. The van der Waals surface area contributed by atoms with Crippen LogP contribution in [0.5, 0.6) is 0 Å². The maximum absolute atomic E-state index is 12.6. The Bertz CT molecular complexity index is 1010. The van der Waals surface area contributed by atoms with E-state index in [0.29, 0.717) is 19.3 Å². The zero-order chi connectivity index (χ0) is 39.4. The first kappa shape index (κ1) is 51.1. The predicted molar refractivity (Wildman–Crippen MR) is 228 cm³/mol. The first-order valence-electron chi connectivity index (χ1n) is 22.3. The first-order valence-corrected chi connectivity index (χ1v) is 22.3. The molecule has 1 atom stereocenters. The molecule has 0 radical (unpaired) electrons. The monoisotopic (exact) mass is 755 g/mol. The molecule has 0 aromatic rings. The van der Waals surface area contributed by atoms with Crippen LogP contribution in [-0.4, -0.2) is 37.2 Å². The van der Waals surface area contributed by atoms with E-state index >= 15 is 0 Å². The van der Waals surface area contributed by atoms with Crippen molar-refractivity contribution in [3.05, 3.63) is 60.8 Å². The van der Waals surface area contributed by atoms with E-state index in [1.54, 1.807) is 0 Å². The Morgan fingerprint density at radius 1 is 0.407 bits per heavy atom. The summed E-state index contributed by atoms with van der Waals surface area (Å²) in [5.41, 5.74) is 0. The SMILES string of the molecule is CC/C=C\C/C=C\CCCCC(=O)OC(COC(=O)CCCCCCC\C=C/C=C\C=C/CCCCCCC)COC(=O)CCCCCCCCCCC. The van der Waals surface area contributed by atoms with Crippen molar-refractivity contribution in [3.63, 3.8) is 0 Å². The maximum Gasteiger partial charge on any atom is 0.306 e. The third-order valence-corrected chi connectivity index (χ3v) is 9.32. The molecule has 0 rings (SSSR count). The summed E-state index contributed by atoms with van der Waals surface area (Å²) in [4.78, 5) is 37.6. The second-order valence-electron chi connectivity index (χ2n) is 14.6. The minimum Gasteiger partial charge on any atom is -0.462 e. The number of unbranched alkanes of at least 4 members (excludes halogenated alkanes) is 20. The highest BCUT2D eigenvalue weighted by atomic mass is 16.6. The highest BCUT2D eigenvalue weighted by Crippen LogP contribution is 2.13. The van der Waals surface area contributed by atoms with Gasteiger partial charge < -0.3 is 14.2 Å². The van der Waals surface area contributed by atoms with Gasteiger partial charge in [-0.1, -0.05) is 178 Å². The molecule has 1 unspecified atom stereocenters. The van der Waals surface area contributed by atoms with Crippen LogP contribution >= 0.6 is 0 Å². The molecule has 0 aliphatic rings. The van der Waals surface area contributed by atoms with Crippen LogP contribution in [0.3, 0.4) is 0 Å². The second-order valence-corrected chi connectivity index (χ2v) is 14.6. The molecule has 0 amide bonds. The largest absolute Gasteiger partial charge is 0.462 e. The molecule has 6 heteroatoms. The van der Waals surface area contributed by atoms with E-state index in [4.69, 9.17) is 14.2 Å². The summed E-state index contributed by atoms with van der Waals surface area (Å²) in [6.07, 6.45) is 50.7. The van der Waals surface area contributed by atoms with Gasteiger partial charge in [-0.15, -0.1) is 0 Å². The molecule has 310 valence electrons. The van der Waals surface area contributed by atoms with Gasteiger partial charge in [-0.05, 0) is 70.6 Å². The Hall–Kier alpha value is -2.89. The summed E-state index contributed by atoms with van der Waals surface area (Å²) < 4.78 is 16.6. The fourth-order valence-corrected chi connectivity index (χ4v) is 5.95. The molecule has 6 nitrogen and oxygen atoms in total. The fraction of sp³-hybridized carbons (Fsp3) is 0.729. The molecule has 0 aliphatic carbocycles. The standard InChI is InChI=1S/C48H82O6/c1-4-7-10-13-16-19-20-21-22-23-24-25-26-27-30-32-35-38-41-47(50)53-44-45(54-48(51)42-39-36-33-29-18-15-12-9-6-3)43-52-46(49)40-37-34-31-28-17-14-11-8-5-2/h9,12,18,20-25,29,45H,4-8,10-11,13-17,19,26-28,30-44H2,1-3H3/b12-9-,21-20-,23-22-,25-24-,29-18-. The molecule has 0 aromatic heterocycles. The van der Waals surface area contributed by atoms with Crippen LogP contribution in [0.4, 0.5) is 0 Å². The van der Waals surface area contributed by atoms with Gasteiger partial charge in [-0.2, -0.15) is 0 Å². The first-order chi connectivity index (χ1) is 26.5. The maximum atomic E-state index is 12.6. The van der Waals surface area contributed by atoms with E-state index in [0.717, 1.165) is 83.5 Å². The van der Waals surface area contributed by atoms with Crippen molar-refractivity contribution in [2.24, 2.45) is 0 Å². The predicted octanol–water partition coefficient (Wildman–Crippen LogP) is 14.1. The number of carbonyl (C=O) groups excluding carboxylic acids is 3. The molecule has 0 fully saturated rings. The van der Waals surface area contributed by atoms with Gasteiger partial charge in [-0.25, -0.2) is 0 Å². The van der Waals surface area contributed by atoms with Gasteiger partial charge in [0.05, 0.1) is 0 Å². The van der Waals surface area contributed by atoms with Crippen LogP contribution in [0.15, 0.2) is 60.8 Å². The number of esters is 3. The third-order valence-electron chi connectivity index (χ3n) is 9.32. The molecule has 0 heterocycles. The van der Waals surface area contributed by atoms with Crippen LogP contribution < -0.4 is 0 Å². The highest BCUT2D eigenvalue weighted by molar-refractivity contribution is 5.71. The summed E-state index contributed by atoms with van der Waals surface area (Å²) in [6.45, 7) is 6.41. The fourth-order valence-electron chi connectivity index (χ4n) is 5.95. The summed E-state index contributed by atoms with van der Waals surface area (Å²) in [6, 6.07) is 0. The molecular formula is C48H82O6. The number of ether oxygens (including phenoxy) is 3. The molecular weight excluding hydrogens is 673 g/mol. The number of carbonyl (C=O) groups is 3. The van der Waals surface area contributed by atoms with Gasteiger partial charge in [-0.3, -0.25) is 14.4 Å². The summed E-state index contributed by atoms with van der Waals surface area (Å²) in [5.74, 6) is -0.959. The van der Waals surface area contributed by atoms with Crippen molar-refractivity contribution in [2.75, 3.05) is 13.2 Å². The third kappa shape index (κ3) is 40.3. The lowest BCUT2D eigenvalue weighted by atomic mass is 10.1. The van der Waals surface area contributed by atoms with Crippen molar-refractivity contribution in [2.45, 2.75) is 213 Å². The van der Waals surface area contributed by atoms with E-state index in [2.05, 4.69) is 81.5 Å². The van der Waals surface area contributed by atoms with Crippen molar-refractivity contribution < 1.29 is 28.6 Å². The van der Waals surface area contributed by atoms with Crippen LogP contribution in [0.1, 0.15) is 207 Å². The van der Waals surface area contributed by atoms with Gasteiger partial charge in [0, 0.05) is 19.3 Å². The molecule has 0 aromatic carbocycles. The van der Waals surface area contributed by atoms with Gasteiger partial charge in [0.2, 0.25) is 0 Å². The Morgan fingerprint density at radius 2 is 0.796 bits per heavy atom. The van der Waals surface area contributed by atoms with Crippen LogP contribution in [0.25, 0.3) is 0 Å². The lowest BCUT2D eigenvalue weighted by Gasteiger charge is -2.18. The van der Waals surface area contributed by atoms with Gasteiger partial charge >= 0.3 is 17.9 Å². The summed E-state index contributed by atoms with van der Waals surface area (Å²) in [7, 11) is 0. The minimum atomic E-state index is -0.794. The van der Waals surface area contributed by atoms with Gasteiger partial charge in [0.15, 0.2) is 6.10 Å². The Labute approximate surface area is 332 Å². The van der Waals surface area contributed by atoms with E-state index < -0.39 is 6.10 Å².